The number of benzene rings is 1. The fraction of sp³-hybridized carbons (Fsp3) is 0.286. The highest BCUT2D eigenvalue weighted by Crippen LogP contribution is 2.21. The molecule has 0 fully saturated rings. The number of anilines is 1. The van der Waals surface area contributed by atoms with Gasteiger partial charge in [0.25, 0.3) is 0 Å². The van der Waals surface area contributed by atoms with Gasteiger partial charge in [-0.2, -0.15) is 0 Å². The van der Waals surface area contributed by atoms with Gasteiger partial charge in [-0.1, -0.05) is 36.4 Å². The van der Waals surface area contributed by atoms with E-state index < -0.39 is 0 Å². The van der Waals surface area contributed by atoms with Crippen LogP contribution < -0.4 is 5.32 Å². The molecule has 1 heteroatoms. The molecule has 2 rings (SSSR count). The molecule has 0 saturated heterocycles. The Morgan fingerprint density at radius 2 is 2.07 bits per heavy atom. The van der Waals surface area contributed by atoms with Crippen LogP contribution in [0.2, 0.25) is 0 Å². The van der Waals surface area contributed by atoms with Crippen LogP contribution in [-0.2, 0) is 6.42 Å². The Morgan fingerprint density at radius 1 is 1.20 bits per heavy atom. The first-order valence-corrected chi connectivity index (χ1v) is 5.51. The van der Waals surface area contributed by atoms with Gasteiger partial charge in [-0.25, -0.2) is 0 Å². The summed E-state index contributed by atoms with van der Waals surface area (Å²) >= 11 is 0. The van der Waals surface area contributed by atoms with Crippen molar-refractivity contribution in [2.24, 2.45) is 0 Å². The minimum Gasteiger partial charge on any atom is -0.388 e. The summed E-state index contributed by atoms with van der Waals surface area (Å²) in [6.07, 6.45) is 10.3. The Hall–Kier alpha value is -1.50. The molecular weight excluding hydrogens is 182 g/mol. The molecule has 15 heavy (non-hydrogen) atoms. The lowest BCUT2D eigenvalue weighted by Gasteiger charge is -2.11. The molecule has 0 atom stereocenters. The van der Waals surface area contributed by atoms with Crippen LogP contribution in [0.15, 0.2) is 48.1 Å². The van der Waals surface area contributed by atoms with Gasteiger partial charge in [0.1, 0.15) is 0 Å². The molecular formula is C14H17N. The maximum Gasteiger partial charge on any atom is 0.0373 e. The number of nitrogens with one attached hydrogen (secondary N) is 1. The summed E-state index contributed by atoms with van der Waals surface area (Å²) in [5.41, 5.74) is 4.04. The van der Waals surface area contributed by atoms with Crippen molar-refractivity contribution in [2.45, 2.75) is 19.3 Å². The zero-order chi connectivity index (χ0) is 10.5. The number of hydrogen-bond acceptors (Lipinski definition) is 1. The van der Waals surface area contributed by atoms with Gasteiger partial charge in [0.15, 0.2) is 0 Å². The van der Waals surface area contributed by atoms with Crippen molar-refractivity contribution in [1.29, 1.82) is 0 Å². The summed E-state index contributed by atoms with van der Waals surface area (Å²) in [6, 6.07) is 8.49. The van der Waals surface area contributed by atoms with E-state index in [0.717, 1.165) is 6.42 Å². The molecule has 1 aromatic rings. The molecule has 0 unspecified atom stereocenters. The fourth-order valence-electron chi connectivity index (χ4n) is 1.94. The number of hydrogen-bond donors (Lipinski definition) is 1. The second-order valence-electron chi connectivity index (χ2n) is 3.84. The molecule has 1 aromatic carbocycles. The Balaban J connectivity index is 2.16. The topological polar surface area (TPSA) is 12.0 Å². The molecule has 0 radical (unpaired) electrons. The average Bonchev–Trinajstić information content (AvgIpc) is 2.31. The Morgan fingerprint density at radius 3 is 2.80 bits per heavy atom. The summed E-state index contributed by atoms with van der Waals surface area (Å²) in [4.78, 5) is 0. The first-order valence-electron chi connectivity index (χ1n) is 5.51. The van der Waals surface area contributed by atoms with Gasteiger partial charge < -0.3 is 5.32 Å². The molecule has 0 bridgehead atoms. The van der Waals surface area contributed by atoms with E-state index in [1.54, 1.807) is 0 Å². The molecule has 0 amide bonds. The van der Waals surface area contributed by atoms with E-state index in [1.807, 2.05) is 7.05 Å². The van der Waals surface area contributed by atoms with Gasteiger partial charge in [-0.05, 0) is 36.5 Å². The third kappa shape index (κ3) is 2.50. The second-order valence-corrected chi connectivity index (χ2v) is 3.84. The second kappa shape index (κ2) is 4.83. The van der Waals surface area contributed by atoms with Gasteiger partial charge in [0.05, 0.1) is 0 Å². The lowest BCUT2D eigenvalue weighted by atomic mass is 9.99. The standard InChI is InChI=1S/C14H17N/c1-15-14-10-6-5-9-13(14)11-12-7-3-2-4-8-12/h3,5-10,15H,2,4,11H2,1H3. The van der Waals surface area contributed by atoms with Crippen LogP contribution in [0.4, 0.5) is 5.69 Å². The maximum atomic E-state index is 3.23. The minimum absolute atomic E-state index is 1.04. The summed E-state index contributed by atoms with van der Waals surface area (Å²) < 4.78 is 0. The third-order valence-electron chi connectivity index (χ3n) is 2.75. The SMILES string of the molecule is CNc1ccccc1CC1=CCCC=C1. The van der Waals surface area contributed by atoms with Crippen LogP contribution in [0.3, 0.4) is 0 Å². The summed E-state index contributed by atoms with van der Waals surface area (Å²) in [7, 11) is 1.98. The maximum absolute atomic E-state index is 3.23. The predicted octanol–water partition coefficient (Wildman–Crippen LogP) is 3.55. The van der Waals surface area contributed by atoms with Gasteiger partial charge in [-0.3, -0.25) is 0 Å². The molecule has 0 aliphatic heterocycles. The molecule has 1 nitrogen and oxygen atoms in total. The fourth-order valence-corrected chi connectivity index (χ4v) is 1.94. The Labute approximate surface area is 91.5 Å². The number of rotatable bonds is 3. The summed E-state index contributed by atoms with van der Waals surface area (Å²) in [6.45, 7) is 0. The van der Waals surface area contributed by atoms with E-state index >= 15 is 0 Å². The van der Waals surface area contributed by atoms with Crippen LogP contribution >= 0.6 is 0 Å². The molecule has 0 heterocycles. The van der Waals surface area contributed by atoms with E-state index in [9.17, 15) is 0 Å². The normalized spacial score (nSPS) is 14.9. The van der Waals surface area contributed by atoms with Gasteiger partial charge in [-0.15, -0.1) is 0 Å². The molecule has 78 valence electrons. The third-order valence-corrected chi connectivity index (χ3v) is 2.75. The molecule has 0 saturated carbocycles. The van der Waals surface area contributed by atoms with Crippen LogP contribution in [0.25, 0.3) is 0 Å². The highest BCUT2D eigenvalue weighted by molar-refractivity contribution is 5.52. The zero-order valence-electron chi connectivity index (χ0n) is 9.16. The monoisotopic (exact) mass is 199 g/mol. The van der Waals surface area contributed by atoms with Crippen molar-refractivity contribution in [3.63, 3.8) is 0 Å². The van der Waals surface area contributed by atoms with Crippen molar-refractivity contribution in [1.82, 2.24) is 0 Å². The average molecular weight is 199 g/mol. The van der Waals surface area contributed by atoms with Crippen LogP contribution in [-0.4, -0.2) is 7.05 Å². The lowest BCUT2D eigenvalue weighted by molar-refractivity contribution is 0.994. The van der Waals surface area contributed by atoms with Gasteiger partial charge in [0, 0.05) is 12.7 Å². The van der Waals surface area contributed by atoms with E-state index in [2.05, 4.69) is 47.8 Å². The number of para-hydroxylation sites is 1. The Kier molecular flexibility index (Phi) is 3.23. The van der Waals surface area contributed by atoms with Crippen molar-refractivity contribution < 1.29 is 0 Å². The highest BCUT2D eigenvalue weighted by Gasteiger charge is 2.03. The van der Waals surface area contributed by atoms with E-state index in [-0.39, 0.29) is 0 Å². The molecule has 1 aliphatic carbocycles. The number of allylic oxidation sites excluding steroid dienone is 4. The van der Waals surface area contributed by atoms with Crippen molar-refractivity contribution in [3.05, 3.63) is 53.6 Å². The van der Waals surface area contributed by atoms with Crippen LogP contribution in [0, 0.1) is 0 Å². The predicted molar refractivity (Wildman–Crippen MR) is 66.1 cm³/mol. The summed E-state index contributed by atoms with van der Waals surface area (Å²) in [5.74, 6) is 0. The first kappa shape index (κ1) is 10.0. The van der Waals surface area contributed by atoms with Gasteiger partial charge >= 0.3 is 0 Å². The molecule has 0 spiro atoms. The molecule has 1 N–H and O–H groups in total. The smallest absolute Gasteiger partial charge is 0.0373 e. The Bertz CT molecular complexity index is 388. The molecule has 0 aromatic heterocycles. The largest absolute Gasteiger partial charge is 0.388 e. The highest BCUT2D eigenvalue weighted by atomic mass is 14.8. The van der Waals surface area contributed by atoms with E-state index in [0.29, 0.717) is 0 Å². The quantitative estimate of drug-likeness (QED) is 0.785. The van der Waals surface area contributed by atoms with Crippen molar-refractivity contribution >= 4 is 5.69 Å². The minimum atomic E-state index is 1.04. The molecule has 1 aliphatic rings. The van der Waals surface area contributed by atoms with Crippen molar-refractivity contribution in [3.8, 4) is 0 Å². The summed E-state index contributed by atoms with van der Waals surface area (Å²) in [5, 5.41) is 3.23. The van der Waals surface area contributed by atoms with Crippen LogP contribution in [0.5, 0.6) is 0 Å². The lowest BCUT2D eigenvalue weighted by Crippen LogP contribution is -1.97. The van der Waals surface area contributed by atoms with Gasteiger partial charge in [0.2, 0.25) is 0 Å². The van der Waals surface area contributed by atoms with Crippen molar-refractivity contribution in [2.75, 3.05) is 12.4 Å². The first-order chi connectivity index (χ1) is 7.40. The zero-order valence-corrected chi connectivity index (χ0v) is 9.16. The van der Waals surface area contributed by atoms with Crippen LogP contribution in [0.1, 0.15) is 18.4 Å². The van der Waals surface area contributed by atoms with E-state index in [4.69, 9.17) is 0 Å². The van der Waals surface area contributed by atoms with E-state index in [1.165, 1.54) is 29.7 Å².